The minimum atomic E-state index is -3.31. The van der Waals surface area contributed by atoms with Crippen molar-refractivity contribution in [1.29, 1.82) is 0 Å². The van der Waals surface area contributed by atoms with Crippen molar-refractivity contribution in [3.05, 3.63) is 29.8 Å². The third kappa shape index (κ3) is 4.21. The maximum atomic E-state index is 12.4. The molecule has 0 radical (unpaired) electrons. The molecule has 1 N–H and O–H groups in total. The Morgan fingerprint density at radius 1 is 1.26 bits per heavy atom. The van der Waals surface area contributed by atoms with E-state index in [9.17, 15) is 8.42 Å². The molecule has 0 saturated heterocycles. The first-order chi connectivity index (χ1) is 8.89. The van der Waals surface area contributed by atoms with Crippen molar-refractivity contribution in [3.63, 3.8) is 0 Å². The Labute approximate surface area is 116 Å². The number of anilines is 1. The SMILES string of the molecule is CCCNCC(C)S(=O)(=O)N(C)c1ccc(C)cc1. The maximum absolute atomic E-state index is 12.4. The van der Waals surface area contributed by atoms with E-state index in [1.54, 1.807) is 14.0 Å². The Kier molecular flexibility index (Phi) is 5.82. The number of hydrogen-bond donors (Lipinski definition) is 1. The fourth-order valence-electron chi connectivity index (χ4n) is 1.76. The molecule has 0 aliphatic carbocycles. The van der Waals surface area contributed by atoms with Gasteiger partial charge in [-0.1, -0.05) is 24.6 Å². The molecule has 1 rings (SSSR count). The van der Waals surface area contributed by atoms with Crippen molar-refractivity contribution in [1.82, 2.24) is 5.32 Å². The van der Waals surface area contributed by atoms with Crippen molar-refractivity contribution in [2.45, 2.75) is 32.4 Å². The molecule has 108 valence electrons. The van der Waals surface area contributed by atoms with E-state index in [1.165, 1.54) is 4.31 Å². The highest BCUT2D eigenvalue weighted by atomic mass is 32.2. The van der Waals surface area contributed by atoms with Gasteiger partial charge in [-0.15, -0.1) is 0 Å². The van der Waals surface area contributed by atoms with Gasteiger partial charge in [0.2, 0.25) is 10.0 Å². The van der Waals surface area contributed by atoms with Gasteiger partial charge in [-0.3, -0.25) is 4.31 Å². The average molecular weight is 284 g/mol. The van der Waals surface area contributed by atoms with Gasteiger partial charge in [-0.25, -0.2) is 8.42 Å². The number of benzene rings is 1. The minimum absolute atomic E-state index is 0.439. The van der Waals surface area contributed by atoms with E-state index in [2.05, 4.69) is 12.2 Å². The Hall–Kier alpha value is -1.07. The molecule has 0 heterocycles. The lowest BCUT2D eigenvalue weighted by atomic mass is 10.2. The van der Waals surface area contributed by atoms with Crippen LogP contribution in [0.25, 0.3) is 0 Å². The van der Waals surface area contributed by atoms with Crippen molar-refractivity contribution < 1.29 is 8.42 Å². The quantitative estimate of drug-likeness (QED) is 0.781. The molecule has 0 amide bonds. The molecule has 1 atom stereocenters. The molecule has 4 nitrogen and oxygen atoms in total. The van der Waals surface area contributed by atoms with Gasteiger partial charge >= 0.3 is 0 Å². The summed E-state index contributed by atoms with van der Waals surface area (Å²) in [6, 6.07) is 7.50. The Bertz CT molecular complexity index is 483. The van der Waals surface area contributed by atoms with E-state index in [-0.39, 0.29) is 0 Å². The summed E-state index contributed by atoms with van der Waals surface area (Å²) in [4.78, 5) is 0. The molecule has 1 unspecified atom stereocenters. The minimum Gasteiger partial charge on any atom is -0.315 e. The largest absolute Gasteiger partial charge is 0.315 e. The molecule has 19 heavy (non-hydrogen) atoms. The molecule has 1 aromatic rings. The van der Waals surface area contributed by atoms with E-state index >= 15 is 0 Å². The van der Waals surface area contributed by atoms with Crippen LogP contribution in [0.15, 0.2) is 24.3 Å². The van der Waals surface area contributed by atoms with Crippen LogP contribution in [0.2, 0.25) is 0 Å². The van der Waals surface area contributed by atoms with Gasteiger partial charge in [0.15, 0.2) is 0 Å². The summed E-state index contributed by atoms with van der Waals surface area (Å²) in [6.45, 7) is 7.10. The monoisotopic (exact) mass is 284 g/mol. The summed E-state index contributed by atoms with van der Waals surface area (Å²) in [5.41, 5.74) is 1.82. The highest BCUT2D eigenvalue weighted by Crippen LogP contribution is 2.19. The molecular formula is C14H24N2O2S. The fourth-order valence-corrected chi connectivity index (χ4v) is 3.04. The Morgan fingerprint density at radius 2 is 1.84 bits per heavy atom. The second kappa shape index (κ2) is 6.91. The molecule has 0 bridgehead atoms. The second-order valence-electron chi connectivity index (χ2n) is 4.86. The zero-order valence-corrected chi connectivity index (χ0v) is 13.0. The summed E-state index contributed by atoms with van der Waals surface area (Å²) in [6.07, 6.45) is 1.00. The number of aryl methyl sites for hydroxylation is 1. The Morgan fingerprint density at radius 3 is 2.37 bits per heavy atom. The highest BCUT2D eigenvalue weighted by Gasteiger charge is 2.25. The lowest BCUT2D eigenvalue weighted by molar-refractivity contribution is 0.569. The molecule has 0 spiro atoms. The van der Waals surface area contributed by atoms with E-state index in [0.717, 1.165) is 18.5 Å². The molecule has 1 aromatic carbocycles. The van der Waals surface area contributed by atoms with Gasteiger partial charge in [0.1, 0.15) is 0 Å². The standard InChI is InChI=1S/C14H24N2O2S/c1-5-10-15-11-13(3)19(17,18)16(4)14-8-6-12(2)7-9-14/h6-9,13,15H,5,10-11H2,1-4H3. The molecular weight excluding hydrogens is 260 g/mol. The number of nitrogens with zero attached hydrogens (tertiary/aromatic N) is 1. The highest BCUT2D eigenvalue weighted by molar-refractivity contribution is 7.93. The van der Waals surface area contributed by atoms with Crippen LogP contribution in [0.4, 0.5) is 5.69 Å². The van der Waals surface area contributed by atoms with Gasteiger partial charge in [0.25, 0.3) is 0 Å². The zero-order chi connectivity index (χ0) is 14.5. The van der Waals surface area contributed by atoms with E-state index in [1.807, 2.05) is 31.2 Å². The normalized spacial score (nSPS) is 13.3. The van der Waals surface area contributed by atoms with Crippen LogP contribution in [0, 0.1) is 6.92 Å². The van der Waals surface area contributed by atoms with Crippen LogP contribution >= 0.6 is 0 Å². The number of sulfonamides is 1. The van der Waals surface area contributed by atoms with Gasteiger partial charge in [-0.2, -0.15) is 0 Å². The van der Waals surface area contributed by atoms with Gasteiger partial charge in [-0.05, 0) is 38.9 Å². The van der Waals surface area contributed by atoms with Gasteiger partial charge in [0, 0.05) is 13.6 Å². The number of nitrogens with one attached hydrogen (secondary N) is 1. The van der Waals surface area contributed by atoms with Crippen LogP contribution in [0.5, 0.6) is 0 Å². The first-order valence-electron chi connectivity index (χ1n) is 6.64. The van der Waals surface area contributed by atoms with E-state index < -0.39 is 15.3 Å². The number of hydrogen-bond acceptors (Lipinski definition) is 3. The Balaban J connectivity index is 2.78. The molecule has 0 aliphatic rings. The summed E-state index contributed by atoms with van der Waals surface area (Å²) < 4.78 is 26.2. The van der Waals surface area contributed by atoms with Crippen LogP contribution < -0.4 is 9.62 Å². The number of rotatable bonds is 7. The van der Waals surface area contributed by atoms with Crippen molar-refractivity contribution in [2.75, 3.05) is 24.4 Å². The fraction of sp³-hybridized carbons (Fsp3) is 0.571. The van der Waals surface area contributed by atoms with E-state index in [4.69, 9.17) is 0 Å². The zero-order valence-electron chi connectivity index (χ0n) is 12.2. The van der Waals surface area contributed by atoms with Crippen LogP contribution in [0.1, 0.15) is 25.8 Å². The van der Waals surface area contributed by atoms with Crippen LogP contribution in [-0.2, 0) is 10.0 Å². The summed E-state index contributed by atoms with van der Waals surface area (Å²) >= 11 is 0. The first-order valence-corrected chi connectivity index (χ1v) is 8.15. The first kappa shape index (κ1) is 16.0. The van der Waals surface area contributed by atoms with E-state index in [0.29, 0.717) is 12.2 Å². The summed E-state index contributed by atoms with van der Waals surface area (Å²) in [7, 11) is -1.71. The second-order valence-corrected chi connectivity index (χ2v) is 7.25. The van der Waals surface area contributed by atoms with Gasteiger partial charge in [0.05, 0.1) is 10.9 Å². The van der Waals surface area contributed by atoms with Crippen LogP contribution in [0.3, 0.4) is 0 Å². The predicted octanol–water partition coefficient (Wildman–Crippen LogP) is 2.15. The van der Waals surface area contributed by atoms with Crippen molar-refractivity contribution in [2.24, 2.45) is 0 Å². The summed E-state index contributed by atoms with van der Waals surface area (Å²) in [5, 5.41) is 2.71. The smallest absolute Gasteiger partial charge is 0.238 e. The predicted molar refractivity (Wildman–Crippen MR) is 81.1 cm³/mol. The molecule has 0 aliphatic heterocycles. The lowest BCUT2D eigenvalue weighted by Gasteiger charge is -2.24. The molecule has 5 heteroatoms. The molecule has 0 saturated carbocycles. The maximum Gasteiger partial charge on any atom is 0.238 e. The van der Waals surface area contributed by atoms with Crippen molar-refractivity contribution in [3.8, 4) is 0 Å². The van der Waals surface area contributed by atoms with Gasteiger partial charge < -0.3 is 5.32 Å². The topological polar surface area (TPSA) is 49.4 Å². The third-order valence-corrected chi connectivity index (χ3v) is 5.30. The third-order valence-electron chi connectivity index (χ3n) is 3.15. The molecule has 0 fully saturated rings. The lowest BCUT2D eigenvalue weighted by Crippen LogP contribution is -2.40. The van der Waals surface area contributed by atoms with Crippen LogP contribution in [-0.4, -0.2) is 33.8 Å². The van der Waals surface area contributed by atoms with Crippen molar-refractivity contribution >= 4 is 15.7 Å². The summed E-state index contributed by atoms with van der Waals surface area (Å²) in [5.74, 6) is 0. The average Bonchev–Trinajstić information content (AvgIpc) is 2.39. The molecule has 0 aromatic heterocycles.